The SMILES string of the molecule is CC(C)c1cc(-c2nccc3cc(C4CCC(F)(F)C4)ccc23)c2occc2c1. The maximum atomic E-state index is 13.7. The van der Waals surface area contributed by atoms with Gasteiger partial charge in [0.05, 0.1) is 12.0 Å². The summed E-state index contributed by atoms with van der Waals surface area (Å²) >= 11 is 0. The van der Waals surface area contributed by atoms with E-state index in [-0.39, 0.29) is 18.8 Å². The molecule has 0 bridgehead atoms. The summed E-state index contributed by atoms with van der Waals surface area (Å²) in [6.07, 6.45) is 3.97. The first-order valence-corrected chi connectivity index (χ1v) is 10.2. The summed E-state index contributed by atoms with van der Waals surface area (Å²) in [5.41, 5.74) is 4.90. The van der Waals surface area contributed by atoms with Crippen LogP contribution in [0.2, 0.25) is 0 Å². The van der Waals surface area contributed by atoms with Crippen LogP contribution in [0.25, 0.3) is 33.0 Å². The molecule has 2 heterocycles. The lowest BCUT2D eigenvalue weighted by molar-refractivity contribution is 0.00777. The van der Waals surface area contributed by atoms with Crippen LogP contribution in [0.4, 0.5) is 8.78 Å². The van der Waals surface area contributed by atoms with Crippen molar-refractivity contribution in [3.05, 3.63) is 66.1 Å². The maximum absolute atomic E-state index is 13.7. The van der Waals surface area contributed by atoms with Crippen LogP contribution in [0, 0.1) is 0 Å². The van der Waals surface area contributed by atoms with Gasteiger partial charge < -0.3 is 4.42 Å². The second kappa shape index (κ2) is 6.65. The smallest absolute Gasteiger partial charge is 0.248 e. The zero-order valence-corrected chi connectivity index (χ0v) is 16.6. The van der Waals surface area contributed by atoms with Crippen molar-refractivity contribution in [3.63, 3.8) is 0 Å². The largest absolute Gasteiger partial charge is 0.464 e. The molecule has 1 atom stereocenters. The molecule has 4 aromatic rings. The summed E-state index contributed by atoms with van der Waals surface area (Å²) in [7, 11) is 0. The summed E-state index contributed by atoms with van der Waals surface area (Å²) < 4.78 is 33.2. The average molecular weight is 391 g/mol. The second-order valence-corrected chi connectivity index (χ2v) is 8.50. The number of rotatable bonds is 3. The Morgan fingerprint density at radius 2 is 1.93 bits per heavy atom. The lowest BCUT2D eigenvalue weighted by atomic mass is 9.92. The molecule has 1 aliphatic rings. The van der Waals surface area contributed by atoms with Crippen LogP contribution in [0.5, 0.6) is 0 Å². The van der Waals surface area contributed by atoms with E-state index in [2.05, 4.69) is 37.0 Å². The van der Waals surface area contributed by atoms with Gasteiger partial charge in [-0.15, -0.1) is 0 Å². The third kappa shape index (κ3) is 3.21. The third-order valence-corrected chi connectivity index (χ3v) is 6.16. The Bertz CT molecular complexity index is 1210. The Hall–Kier alpha value is -2.75. The quantitative estimate of drug-likeness (QED) is 0.358. The standard InChI is InChI=1S/C25H23F2NO/c1-15(2)20-12-18-7-10-29-24(18)22(13-20)23-21-4-3-16(11-17(21)6-9-28-23)19-5-8-25(26,27)14-19/h3-4,6-7,9-13,15,19H,5,8,14H2,1-2H3. The molecule has 148 valence electrons. The Balaban J connectivity index is 1.65. The van der Waals surface area contributed by atoms with Crippen LogP contribution in [0.3, 0.4) is 0 Å². The van der Waals surface area contributed by atoms with Crippen molar-refractivity contribution >= 4 is 21.7 Å². The minimum atomic E-state index is -2.54. The molecule has 1 aliphatic carbocycles. The molecule has 0 amide bonds. The van der Waals surface area contributed by atoms with E-state index in [9.17, 15) is 8.78 Å². The van der Waals surface area contributed by atoms with Crippen molar-refractivity contribution < 1.29 is 13.2 Å². The highest BCUT2D eigenvalue weighted by atomic mass is 19.3. The molecule has 0 N–H and O–H groups in total. The summed E-state index contributed by atoms with van der Waals surface area (Å²) in [4.78, 5) is 4.68. The summed E-state index contributed by atoms with van der Waals surface area (Å²) in [6, 6.07) is 14.3. The third-order valence-electron chi connectivity index (χ3n) is 6.16. The van der Waals surface area contributed by atoms with Gasteiger partial charge in [0, 0.05) is 35.4 Å². The molecule has 2 nitrogen and oxygen atoms in total. The van der Waals surface area contributed by atoms with Gasteiger partial charge in [0.2, 0.25) is 5.92 Å². The van der Waals surface area contributed by atoms with E-state index in [4.69, 9.17) is 4.42 Å². The molecule has 0 aliphatic heterocycles. The fraction of sp³-hybridized carbons (Fsp3) is 0.320. The van der Waals surface area contributed by atoms with Crippen LogP contribution in [0.15, 0.2) is 59.3 Å². The van der Waals surface area contributed by atoms with Gasteiger partial charge in [0.25, 0.3) is 0 Å². The zero-order chi connectivity index (χ0) is 20.2. The molecule has 2 aromatic carbocycles. The van der Waals surface area contributed by atoms with E-state index in [0.717, 1.165) is 38.6 Å². The molecule has 0 radical (unpaired) electrons. The van der Waals surface area contributed by atoms with Crippen molar-refractivity contribution in [2.75, 3.05) is 0 Å². The van der Waals surface area contributed by atoms with E-state index >= 15 is 0 Å². The predicted octanol–water partition coefficient (Wildman–Crippen LogP) is 7.67. The second-order valence-electron chi connectivity index (χ2n) is 8.50. The van der Waals surface area contributed by atoms with Gasteiger partial charge in [0.1, 0.15) is 5.58 Å². The molecular formula is C25H23F2NO. The summed E-state index contributed by atoms with van der Waals surface area (Å²) in [5, 5.41) is 3.10. The Kier molecular flexibility index (Phi) is 4.19. The highest BCUT2D eigenvalue weighted by molar-refractivity contribution is 6.02. The first-order chi connectivity index (χ1) is 13.9. The minimum absolute atomic E-state index is 0.0181. The van der Waals surface area contributed by atoms with E-state index in [1.807, 2.05) is 24.3 Å². The molecule has 0 saturated heterocycles. The topological polar surface area (TPSA) is 26.0 Å². The fourth-order valence-electron chi connectivity index (χ4n) is 4.51. The van der Waals surface area contributed by atoms with Crippen molar-refractivity contribution in [2.24, 2.45) is 0 Å². The lowest BCUT2D eigenvalue weighted by Crippen LogP contribution is -2.09. The van der Waals surface area contributed by atoms with E-state index in [1.54, 1.807) is 12.5 Å². The van der Waals surface area contributed by atoms with Gasteiger partial charge in [-0.05, 0) is 59.0 Å². The first-order valence-electron chi connectivity index (χ1n) is 10.2. The summed E-state index contributed by atoms with van der Waals surface area (Å²) in [5.74, 6) is -2.23. The monoisotopic (exact) mass is 391 g/mol. The van der Waals surface area contributed by atoms with Crippen LogP contribution in [0.1, 0.15) is 56.1 Å². The highest BCUT2D eigenvalue weighted by Gasteiger charge is 2.39. The van der Waals surface area contributed by atoms with Crippen LogP contribution in [-0.2, 0) is 0 Å². The molecule has 29 heavy (non-hydrogen) atoms. The number of nitrogens with zero attached hydrogens (tertiary/aromatic N) is 1. The van der Waals surface area contributed by atoms with Crippen LogP contribution in [-0.4, -0.2) is 10.9 Å². The number of halogens is 2. The van der Waals surface area contributed by atoms with E-state index in [0.29, 0.717) is 12.3 Å². The zero-order valence-electron chi connectivity index (χ0n) is 16.6. The number of furan rings is 1. The number of hydrogen-bond donors (Lipinski definition) is 0. The minimum Gasteiger partial charge on any atom is -0.464 e. The fourth-order valence-corrected chi connectivity index (χ4v) is 4.51. The maximum Gasteiger partial charge on any atom is 0.248 e. The Labute approximate surface area is 168 Å². The van der Waals surface area contributed by atoms with Crippen molar-refractivity contribution in [2.45, 2.75) is 50.9 Å². The normalized spacial score (nSPS) is 18.9. The van der Waals surface area contributed by atoms with Gasteiger partial charge in [0.15, 0.2) is 0 Å². The molecule has 0 spiro atoms. The first kappa shape index (κ1) is 18.3. The lowest BCUT2D eigenvalue weighted by Gasteiger charge is -2.14. The van der Waals surface area contributed by atoms with Gasteiger partial charge >= 0.3 is 0 Å². The Morgan fingerprint density at radius 3 is 2.69 bits per heavy atom. The predicted molar refractivity (Wildman–Crippen MR) is 113 cm³/mol. The number of hydrogen-bond acceptors (Lipinski definition) is 2. The average Bonchev–Trinajstić information content (AvgIpc) is 3.32. The highest BCUT2D eigenvalue weighted by Crippen LogP contribution is 2.45. The molecule has 2 aromatic heterocycles. The summed E-state index contributed by atoms with van der Waals surface area (Å²) in [6.45, 7) is 4.34. The van der Waals surface area contributed by atoms with Crippen molar-refractivity contribution in [3.8, 4) is 11.3 Å². The number of aromatic nitrogens is 1. The van der Waals surface area contributed by atoms with Gasteiger partial charge in [-0.1, -0.05) is 32.0 Å². The molecule has 4 heteroatoms. The van der Waals surface area contributed by atoms with Gasteiger partial charge in [-0.3, -0.25) is 4.98 Å². The van der Waals surface area contributed by atoms with Crippen molar-refractivity contribution in [1.82, 2.24) is 4.98 Å². The Morgan fingerprint density at radius 1 is 1.07 bits per heavy atom. The number of benzene rings is 2. The van der Waals surface area contributed by atoms with E-state index in [1.165, 1.54) is 5.56 Å². The number of fused-ring (bicyclic) bond motifs is 2. The molecule has 1 fully saturated rings. The van der Waals surface area contributed by atoms with Crippen LogP contribution < -0.4 is 0 Å². The molecule has 1 unspecified atom stereocenters. The van der Waals surface area contributed by atoms with Gasteiger partial charge in [-0.25, -0.2) is 8.78 Å². The molecule has 5 rings (SSSR count). The van der Waals surface area contributed by atoms with Crippen LogP contribution >= 0.6 is 0 Å². The number of pyridine rings is 1. The molecule has 1 saturated carbocycles. The number of alkyl halides is 2. The van der Waals surface area contributed by atoms with Gasteiger partial charge in [-0.2, -0.15) is 0 Å². The van der Waals surface area contributed by atoms with E-state index < -0.39 is 5.92 Å². The van der Waals surface area contributed by atoms with Crippen molar-refractivity contribution in [1.29, 1.82) is 0 Å². The molecular weight excluding hydrogens is 368 g/mol.